The molecule has 21 heavy (non-hydrogen) atoms. The van der Waals surface area contributed by atoms with E-state index >= 15 is 0 Å². The third-order valence-corrected chi connectivity index (χ3v) is 5.16. The number of morpholine rings is 1. The minimum Gasteiger partial charge on any atom is -0.394 e. The quantitative estimate of drug-likeness (QED) is 0.795. The molecule has 0 aromatic carbocycles. The Hall–Kier alpha value is -0.650. The van der Waals surface area contributed by atoms with Crippen molar-refractivity contribution in [3.63, 3.8) is 0 Å². The van der Waals surface area contributed by atoms with Crippen LogP contribution >= 0.6 is 0 Å². The fourth-order valence-corrected chi connectivity index (χ4v) is 4.29. The number of ether oxygens (including phenoxy) is 1. The average Bonchev–Trinajstić information content (AvgIpc) is 2.88. The molecule has 1 saturated carbocycles. The number of hydrogen-bond acceptors (Lipinski definition) is 4. The summed E-state index contributed by atoms with van der Waals surface area (Å²) in [5.41, 5.74) is -0.382. The zero-order valence-electron chi connectivity index (χ0n) is 13.2. The first-order valence-corrected chi connectivity index (χ1v) is 8.32. The molecular weight excluding hydrogens is 268 g/mol. The maximum Gasteiger partial charge on any atom is 0.239 e. The minimum absolute atomic E-state index is 0.0312. The van der Waals surface area contributed by atoms with Gasteiger partial charge in [-0.15, -0.1) is 0 Å². The molecule has 1 amide bonds. The number of hydrogen-bond donors (Lipinski definition) is 2. The number of amides is 1. The third kappa shape index (κ3) is 3.25. The molecule has 120 valence electrons. The molecule has 5 heteroatoms. The van der Waals surface area contributed by atoms with Gasteiger partial charge in [-0.1, -0.05) is 12.8 Å². The van der Waals surface area contributed by atoms with Gasteiger partial charge in [-0.25, -0.2) is 0 Å². The number of rotatable bonds is 2. The van der Waals surface area contributed by atoms with Gasteiger partial charge >= 0.3 is 0 Å². The Labute approximate surface area is 127 Å². The van der Waals surface area contributed by atoms with E-state index in [1.807, 2.05) is 18.7 Å². The number of aliphatic hydroxyl groups is 1. The van der Waals surface area contributed by atoms with Crippen molar-refractivity contribution in [1.29, 1.82) is 0 Å². The first kappa shape index (κ1) is 15.3. The Kier molecular flexibility index (Phi) is 4.26. The lowest BCUT2D eigenvalue weighted by Gasteiger charge is -2.43. The molecule has 0 radical (unpaired) electrons. The van der Waals surface area contributed by atoms with Gasteiger partial charge in [0.25, 0.3) is 0 Å². The monoisotopic (exact) mass is 296 g/mol. The highest BCUT2D eigenvalue weighted by Crippen LogP contribution is 2.34. The molecule has 0 aromatic rings. The maximum absolute atomic E-state index is 12.8. The topological polar surface area (TPSA) is 61.8 Å². The van der Waals surface area contributed by atoms with Crippen molar-refractivity contribution in [3.05, 3.63) is 0 Å². The highest BCUT2D eigenvalue weighted by molar-refractivity contribution is 5.82. The zero-order chi connectivity index (χ0) is 15.0. The van der Waals surface area contributed by atoms with E-state index in [-0.39, 0.29) is 30.3 Å². The van der Waals surface area contributed by atoms with E-state index in [4.69, 9.17) is 4.74 Å². The van der Waals surface area contributed by atoms with Crippen LogP contribution < -0.4 is 5.32 Å². The molecule has 4 atom stereocenters. The largest absolute Gasteiger partial charge is 0.394 e. The molecule has 2 heterocycles. The van der Waals surface area contributed by atoms with Crippen LogP contribution in [0.25, 0.3) is 0 Å². The molecule has 0 spiro atoms. The van der Waals surface area contributed by atoms with Crippen LogP contribution in [-0.4, -0.2) is 59.4 Å². The molecule has 2 aliphatic heterocycles. The van der Waals surface area contributed by atoms with Gasteiger partial charge in [0.1, 0.15) is 0 Å². The summed E-state index contributed by atoms with van der Waals surface area (Å²) in [6, 6.07) is 0.502. The summed E-state index contributed by atoms with van der Waals surface area (Å²) in [5.74, 6) is 0.870. The Bertz CT molecular complexity index is 385. The molecule has 2 N–H and O–H groups in total. The van der Waals surface area contributed by atoms with Gasteiger partial charge in [0.2, 0.25) is 5.91 Å². The average molecular weight is 296 g/mol. The summed E-state index contributed by atoms with van der Waals surface area (Å²) in [6.45, 7) is 5.05. The molecule has 5 nitrogen and oxygen atoms in total. The summed E-state index contributed by atoms with van der Waals surface area (Å²) in [7, 11) is 0. The second-order valence-electron chi connectivity index (χ2n) is 7.51. The summed E-state index contributed by atoms with van der Waals surface area (Å²) in [6.07, 6.45) is 5.77. The van der Waals surface area contributed by atoms with Gasteiger partial charge in [-0.2, -0.15) is 0 Å². The van der Waals surface area contributed by atoms with Crippen molar-refractivity contribution < 1.29 is 14.6 Å². The number of carbonyl (C=O) groups excluding carboxylic acids is 1. The minimum atomic E-state index is -0.382. The molecule has 0 bridgehead atoms. The normalized spacial score (nSPS) is 39.1. The van der Waals surface area contributed by atoms with Gasteiger partial charge in [-0.3, -0.25) is 4.79 Å². The van der Waals surface area contributed by atoms with Crippen LogP contribution in [-0.2, 0) is 9.53 Å². The Morgan fingerprint density at radius 3 is 2.86 bits per heavy atom. The highest BCUT2D eigenvalue weighted by Gasteiger charge is 2.42. The molecular formula is C16H28N2O3. The fourth-order valence-electron chi connectivity index (χ4n) is 4.29. The molecule has 3 fully saturated rings. The molecule has 3 aliphatic rings. The van der Waals surface area contributed by atoms with Gasteiger partial charge in [0.05, 0.1) is 24.4 Å². The number of carbonyl (C=O) groups is 1. The van der Waals surface area contributed by atoms with Gasteiger partial charge in [-0.05, 0) is 39.0 Å². The summed E-state index contributed by atoms with van der Waals surface area (Å²) in [4.78, 5) is 14.7. The van der Waals surface area contributed by atoms with Gasteiger partial charge in [0, 0.05) is 19.1 Å². The maximum atomic E-state index is 12.8. The van der Waals surface area contributed by atoms with Crippen molar-refractivity contribution in [1.82, 2.24) is 10.2 Å². The predicted octanol–water partition coefficient (Wildman–Crippen LogP) is 0.905. The summed E-state index contributed by atoms with van der Waals surface area (Å²) in [5, 5.41) is 12.9. The zero-order valence-corrected chi connectivity index (χ0v) is 13.2. The first-order valence-electron chi connectivity index (χ1n) is 8.32. The van der Waals surface area contributed by atoms with Gasteiger partial charge in [0.15, 0.2) is 0 Å². The van der Waals surface area contributed by atoms with Crippen LogP contribution in [0.4, 0.5) is 0 Å². The molecule has 2 saturated heterocycles. The number of aliphatic hydroxyl groups excluding tert-OH is 1. The van der Waals surface area contributed by atoms with Gasteiger partial charge < -0.3 is 20.1 Å². The lowest BCUT2D eigenvalue weighted by atomic mass is 9.85. The number of nitrogens with zero attached hydrogens (tertiary/aromatic N) is 1. The van der Waals surface area contributed by atoms with E-state index in [0.717, 1.165) is 6.42 Å². The highest BCUT2D eigenvalue weighted by atomic mass is 16.5. The van der Waals surface area contributed by atoms with E-state index in [1.54, 1.807) is 0 Å². The van der Waals surface area contributed by atoms with Crippen LogP contribution in [0.1, 0.15) is 46.0 Å². The molecule has 3 rings (SSSR count). The second kappa shape index (κ2) is 5.86. The smallest absolute Gasteiger partial charge is 0.239 e. The number of nitrogens with one attached hydrogen (secondary N) is 1. The van der Waals surface area contributed by atoms with Crippen molar-refractivity contribution in [2.24, 2.45) is 5.92 Å². The van der Waals surface area contributed by atoms with E-state index in [1.165, 1.54) is 25.7 Å². The van der Waals surface area contributed by atoms with Crippen molar-refractivity contribution in [3.8, 4) is 0 Å². The van der Waals surface area contributed by atoms with Crippen LogP contribution in [0, 0.1) is 5.92 Å². The van der Waals surface area contributed by atoms with E-state index in [2.05, 4.69) is 5.32 Å². The van der Waals surface area contributed by atoms with E-state index < -0.39 is 0 Å². The Morgan fingerprint density at radius 1 is 1.38 bits per heavy atom. The summed E-state index contributed by atoms with van der Waals surface area (Å²) >= 11 is 0. The number of fused-ring (bicyclic) bond motifs is 1. The fraction of sp³-hybridized carbons (Fsp3) is 0.938. The lowest BCUT2D eigenvalue weighted by molar-refractivity contribution is -0.168. The van der Waals surface area contributed by atoms with Crippen molar-refractivity contribution >= 4 is 5.91 Å². The van der Waals surface area contributed by atoms with Crippen LogP contribution in [0.3, 0.4) is 0 Å². The van der Waals surface area contributed by atoms with Crippen LogP contribution in [0.15, 0.2) is 0 Å². The summed E-state index contributed by atoms with van der Waals surface area (Å²) < 4.78 is 5.80. The lowest BCUT2D eigenvalue weighted by Crippen LogP contribution is -2.58. The Morgan fingerprint density at radius 2 is 2.14 bits per heavy atom. The first-order chi connectivity index (χ1) is 9.98. The van der Waals surface area contributed by atoms with E-state index in [0.29, 0.717) is 25.0 Å². The molecule has 1 aliphatic carbocycles. The predicted molar refractivity (Wildman–Crippen MR) is 79.9 cm³/mol. The van der Waals surface area contributed by atoms with E-state index in [9.17, 15) is 9.90 Å². The van der Waals surface area contributed by atoms with Crippen molar-refractivity contribution in [2.45, 2.75) is 69.7 Å². The molecule has 0 aromatic heterocycles. The van der Waals surface area contributed by atoms with Crippen molar-refractivity contribution in [2.75, 3.05) is 19.7 Å². The third-order valence-electron chi connectivity index (χ3n) is 5.16. The standard InChI is InChI=1S/C16H28N2O3/c1-16(2)10-18(8-12(9-19)21-16)15(20)14-7-11-5-3-4-6-13(11)17-14/h11-14,17,19H,3-10H2,1-2H3. The second-order valence-corrected chi connectivity index (χ2v) is 7.51. The van der Waals surface area contributed by atoms with Crippen LogP contribution in [0.2, 0.25) is 0 Å². The Balaban J connectivity index is 1.64. The molecule has 4 unspecified atom stereocenters. The van der Waals surface area contributed by atoms with Crippen LogP contribution in [0.5, 0.6) is 0 Å². The SMILES string of the molecule is CC1(C)CN(C(=O)C2CC3CCCCC3N2)CC(CO)O1.